The molecule has 0 bridgehead atoms. The Balaban J connectivity index is 2.72. The van der Waals surface area contributed by atoms with Crippen molar-refractivity contribution in [1.82, 2.24) is 0 Å². The Morgan fingerprint density at radius 3 is 2.44 bits per heavy atom. The molecule has 9 heavy (non-hydrogen) atoms. The molecule has 0 saturated carbocycles. The molecule has 43 valence electrons. The summed E-state index contributed by atoms with van der Waals surface area (Å²) in [6, 6.07) is 9.57. The summed E-state index contributed by atoms with van der Waals surface area (Å²) >= 11 is -0.388. The van der Waals surface area contributed by atoms with E-state index in [0.717, 1.165) is 4.43 Å². The molecule has 0 saturated heterocycles. The maximum absolute atomic E-state index is 9.76. The van der Waals surface area contributed by atoms with Crippen LogP contribution in [0, 0.1) is 4.91 Å². The predicted molar refractivity (Wildman–Crippen MR) is 37.6 cm³/mol. The fourth-order valence-electron chi connectivity index (χ4n) is 0.600. The minimum Gasteiger partial charge on any atom is -0.217 e. The second kappa shape index (κ2) is 3.39. The molecule has 0 heterocycles. The summed E-state index contributed by atoms with van der Waals surface area (Å²) in [5.74, 6) is 0. The summed E-state index contributed by atoms with van der Waals surface area (Å²) in [4.78, 5) is 9.76. The molecule has 0 N–H and O–H groups in total. The highest BCUT2D eigenvalue weighted by molar-refractivity contribution is 6.51. The van der Waals surface area contributed by atoms with Crippen molar-refractivity contribution in [3.8, 4) is 0 Å². The van der Waals surface area contributed by atoms with Crippen LogP contribution in [0.4, 0.5) is 0 Å². The Morgan fingerprint density at radius 2 is 1.89 bits per heavy atom. The van der Waals surface area contributed by atoms with Gasteiger partial charge in [0.2, 0.25) is 0 Å². The van der Waals surface area contributed by atoms with Gasteiger partial charge >= 0.3 is 15.4 Å². The minimum absolute atomic E-state index is 0.388. The molecular weight excluding hydrogens is 129 g/mol. The molecule has 0 aliphatic heterocycles. The topological polar surface area (TPSA) is 29.4 Å². The fraction of sp³-hybridized carbons (Fsp3) is 0. The maximum atomic E-state index is 9.76. The third kappa shape index (κ3) is 1.97. The lowest BCUT2D eigenvalue weighted by atomic mass is 10.4. The Kier molecular flexibility index (Phi) is 2.44. The summed E-state index contributed by atoms with van der Waals surface area (Å²) in [6.07, 6.45) is 0. The second-order valence-corrected chi connectivity index (χ2v) is 2.78. The first kappa shape index (κ1) is 6.47. The molecule has 1 rings (SSSR count). The number of benzene rings is 1. The third-order valence-electron chi connectivity index (χ3n) is 1.00. The van der Waals surface area contributed by atoms with Crippen LogP contribution in [0.15, 0.2) is 34.5 Å². The van der Waals surface area contributed by atoms with E-state index in [2.05, 4.69) is 4.16 Å². The summed E-state index contributed by atoms with van der Waals surface area (Å²) < 4.78 is 3.89. The molecule has 0 aromatic heterocycles. The van der Waals surface area contributed by atoms with Crippen LogP contribution < -0.4 is 4.43 Å². The lowest BCUT2D eigenvalue weighted by Gasteiger charge is -1.86. The highest BCUT2D eigenvalue weighted by Gasteiger charge is 1.93. The molecule has 0 fully saturated rings. The van der Waals surface area contributed by atoms with Crippen molar-refractivity contribution in [2.75, 3.05) is 0 Å². The molecule has 0 spiro atoms. The van der Waals surface area contributed by atoms with Gasteiger partial charge in [-0.2, -0.15) is 4.91 Å². The lowest BCUT2D eigenvalue weighted by Crippen LogP contribution is -2.09. The largest absolute Gasteiger partial charge is 0.518 e. The van der Waals surface area contributed by atoms with Gasteiger partial charge in [0.05, 0.1) is 0 Å². The van der Waals surface area contributed by atoms with Crippen molar-refractivity contribution in [1.29, 1.82) is 0 Å². The van der Waals surface area contributed by atoms with Crippen molar-refractivity contribution in [2.45, 2.75) is 0 Å². The molecule has 0 aliphatic rings. The Labute approximate surface area is 59.8 Å². The number of nitroso groups, excluding NO2 is 1. The van der Waals surface area contributed by atoms with Crippen LogP contribution in [0.5, 0.6) is 0 Å². The summed E-state index contributed by atoms with van der Waals surface area (Å²) in [5, 5.41) is 0. The first-order valence-corrected chi connectivity index (χ1v) is 3.73. The van der Waals surface area contributed by atoms with Crippen LogP contribution in [-0.4, -0.2) is 15.4 Å². The normalized spacial score (nSPS) is 8.44. The molecule has 2 nitrogen and oxygen atoms in total. The summed E-state index contributed by atoms with van der Waals surface area (Å²) in [7, 11) is 0. The SMILES string of the molecule is O=[N][Al][c]1ccccc1. The summed E-state index contributed by atoms with van der Waals surface area (Å²) in [5.41, 5.74) is 0. The van der Waals surface area contributed by atoms with E-state index in [0.29, 0.717) is 0 Å². The summed E-state index contributed by atoms with van der Waals surface area (Å²) in [6.45, 7) is 0. The van der Waals surface area contributed by atoms with E-state index in [1.165, 1.54) is 0 Å². The van der Waals surface area contributed by atoms with Gasteiger partial charge in [0.1, 0.15) is 0 Å². The molecule has 0 aliphatic carbocycles. The van der Waals surface area contributed by atoms with Crippen LogP contribution in [0.1, 0.15) is 0 Å². The Hall–Kier alpha value is -0.648. The second-order valence-electron chi connectivity index (χ2n) is 1.65. The van der Waals surface area contributed by atoms with E-state index in [1.807, 2.05) is 30.3 Å². The molecule has 3 heteroatoms. The van der Waals surface area contributed by atoms with Gasteiger partial charge in [0, 0.05) is 0 Å². The van der Waals surface area contributed by atoms with E-state index in [1.54, 1.807) is 0 Å². The van der Waals surface area contributed by atoms with Crippen molar-refractivity contribution >= 4 is 19.9 Å². The van der Waals surface area contributed by atoms with Gasteiger partial charge in [-0.05, 0) is 0 Å². The zero-order valence-corrected chi connectivity index (χ0v) is 5.97. The molecule has 0 unspecified atom stereocenters. The minimum atomic E-state index is -0.388. The quantitative estimate of drug-likeness (QED) is 0.432. The van der Waals surface area contributed by atoms with Crippen LogP contribution in [0.2, 0.25) is 0 Å². The predicted octanol–water partition coefficient (Wildman–Crippen LogP) is 0.698. The zero-order chi connectivity index (χ0) is 6.53. The Morgan fingerprint density at radius 1 is 1.22 bits per heavy atom. The van der Waals surface area contributed by atoms with Gasteiger partial charge in [-0.25, -0.2) is 4.16 Å². The average molecular weight is 134 g/mol. The first-order chi connectivity index (χ1) is 4.43. The van der Waals surface area contributed by atoms with Gasteiger partial charge in [0.15, 0.2) is 0 Å². The molecule has 1 radical (unpaired) electrons. The highest BCUT2D eigenvalue weighted by atomic mass is 27.1. The van der Waals surface area contributed by atoms with E-state index < -0.39 is 0 Å². The van der Waals surface area contributed by atoms with Crippen molar-refractivity contribution in [3.05, 3.63) is 35.2 Å². The smallest absolute Gasteiger partial charge is 0.217 e. The number of hydrogen-bond acceptors (Lipinski definition) is 2. The highest BCUT2D eigenvalue weighted by Crippen LogP contribution is 1.80. The third-order valence-corrected chi connectivity index (χ3v) is 1.79. The van der Waals surface area contributed by atoms with Crippen molar-refractivity contribution in [2.24, 2.45) is 4.16 Å². The zero-order valence-electron chi connectivity index (χ0n) is 4.82. The van der Waals surface area contributed by atoms with Gasteiger partial charge in [-0.15, -0.1) is 0 Å². The van der Waals surface area contributed by atoms with Gasteiger partial charge in [-0.1, -0.05) is 34.8 Å². The van der Waals surface area contributed by atoms with Crippen molar-refractivity contribution in [3.63, 3.8) is 0 Å². The van der Waals surface area contributed by atoms with Crippen LogP contribution in [0.3, 0.4) is 0 Å². The first-order valence-electron chi connectivity index (χ1n) is 2.64. The standard InChI is InChI=1S/C6H5.Al.NO/c1-2-4-6-5-3-1;;1-2/h1-5H;;/q;+1;-1. The maximum Gasteiger partial charge on any atom is 0.518 e. The molecule has 0 amide bonds. The van der Waals surface area contributed by atoms with Gasteiger partial charge in [0.25, 0.3) is 0 Å². The number of rotatable bonds is 2. The van der Waals surface area contributed by atoms with Gasteiger partial charge < -0.3 is 0 Å². The lowest BCUT2D eigenvalue weighted by molar-refractivity contribution is 1.72. The van der Waals surface area contributed by atoms with E-state index in [9.17, 15) is 4.91 Å². The number of nitrogens with zero attached hydrogens (tertiary/aromatic N) is 1. The molecular formula is C6H5AlNO. The van der Waals surface area contributed by atoms with Crippen LogP contribution >= 0.6 is 0 Å². The van der Waals surface area contributed by atoms with Gasteiger partial charge in [-0.3, -0.25) is 0 Å². The fourth-order valence-corrected chi connectivity index (χ4v) is 1.12. The number of hydrogen-bond donors (Lipinski definition) is 0. The molecule has 0 atom stereocenters. The van der Waals surface area contributed by atoms with E-state index in [-0.39, 0.29) is 15.4 Å². The average Bonchev–Trinajstić information content (AvgIpc) is 1.91. The monoisotopic (exact) mass is 134 g/mol. The van der Waals surface area contributed by atoms with E-state index >= 15 is 0 Å². The van der Waals surface area contributed by atoms with Crippen LogP contribution in [0.25, 0.3) is 0 Å². The molecule has 1 aromatic rings. The Bertz CT molecular complexity index is 188. The van der Waals surface area contributed by atoms with E-state index in [4.69, 9.17) is 0 Å². The van der Waals surface area contributed by atoms with Crippen LogP contribution in [-0.2, 0) is 0 Å². The molecule has 1 aromatic carbocycles. The van der Waals surface area contributed by atoms with Crippen molar-refractivity contribution < 1.29 is 0 Å².